The molecule has 0 bridgehead atoms. The highest BCUT2D eigenvalue weighted by molar-refractivity contribution is 6.35. The predicted octanol–water partition coefficient (Wildman–Crippen LogP) is 2.74. The van der Waals surface area contributed by atoms with Crippen LogP contribution in [-0.2, 0) is 4.79 Å². The first kappa shape index (κ1) is 17.5. The fourth-order valence-corrected chi connectivity index (χ4v) is 1.83. The predicted molar refractivity (Wildman–Crippen MR) is 78.7 cm³/mol. The molecule has 1 saturated heterocycles. The quantitative estimate of drug-likeness (QED) is 0.872. The highest BCUT2D eigenvalue weighted by Crippen LogP contribution is 2.19. The van der Waals surface area contributed by atoms with Crippen LogP contribution in [0.5, 0.6) is 0 Å². The van der Waals surface area contributed by atoms with E-state index in [0.29, 0.717) is 5.02 Å². The van der Waals surface area contributed by atoms with Crippen LogP contribution in [0.15, 0.2) is 18.2 Å². The van der Waals surface area contributed by atoms with Gasteiger partial charge in [-0.2, -0.15) is 0 Å². The average Bonchev–Trinajstić information content (AvgIpc) is 2.38. The minimum atomic E-state index is -1.11. The van der Waals surface area contributed by atoms with Gasteiger partial charge in [0.25, 0.3) is 0 Å². The van der Waals surface area contributed by atoms with Gasteiger partial charge in [0.15, 0.2) is 0 Å². The molecule has 0 aliphatic carbocycles. The number of carbonyl (C=O) groups excluding carboxylic acids is 1. The number of hydrogen-bond donors (Lipinski definition) is 2. The molecule has 5 nitrogen and oxygen atoms in total. The summed E-state index contributed by atoms with van der Waals surface area (Å²) in [5, 5.41) is 11.7. The van der Waals surface area contributed by atoms with Crippen molar-refractivity contribution in [1.29, 1.82) is 0 Å². The van der Waals surface area contributed by atoms with Crippen LogP contribution >= 0.6 is 23.2 Å². The summed E-state index contributed by atoms with van der Waals surface area (Å²) in [6, 6.07) is 4.93. The van der Waals surface area contributed by atoms with E-state index in [1.807, 2.05) is 19.1 Å². The molecule has 2 amide bonds. The summed E-state index contributed by atoms with van der Waals surface area (Å²) >= 11 is 11.4. The molecule has 0 aromatic heterocycles. The van der Waals surface area contributed by atoms with Crippen molar-refractivity contribution in [3.8, 4) is 0 Å². The number of urea groups is 1. The number of aliphatic carboxylic acids is 1. The number of aryl methyl sites for hydroxylation is 1. The second-order valence-electron chi connectivity index (χ2n) is 4.45. The van der Waals surface area contributed by atoms with Crippen molar-refractivity contribution in [3.63, 3.8) is 0 Å². The number of amides is 2. The fraction of sp³-hybridized carbons (Fsp3) is 0.385. The van der Waals surface area contributed by atoms with E-state index >= 15 is 0 Å². The van der Waals surface area contributed by atoms with Gasteiger partial charge in [-0.05, 0) is 24.6 Å². The highest BCUT2D eigenvalue weighted by atomic mass is 35.5. The van der Waals surface area contributed by atoms with Crippen molar-refractivity contribution >= 4 is 35.2 Å². The van der Waals surface area contributed by atoms with E-state index in [1.54, 1.807) is 6.07 Å². The van der Waals surface area contributed by atoms with Crippen LogP contribution in [0, 0.1) is 6.92 Å². The van der Waals surface area contributed by atoms with Gasteiger partial charge in [-0.3, -0.25) is 4.79 Å². The number of carboxylic acid groups (broad SMARTS) is 1. The van der Waals surface area contributed by atoms with Crippen LogP contribution in [0.1, 0.15) is 5.56 Å². The maximum absolute atomic E-state index is 12.2. The zero-order valence-corrected chi connectivity index (χ0v) is 12.8. The number of nitrogens with zero attached hydrogens (tertiary/aromatic N) is 1. The summed E-state index contributed by atoms with van der Waals surface area (Å²) in [5.74, 6) is -1.11. The Morgan fingerprint density at radius 2 is 2.05 bits per heavy atom. The number of alkyl halides is 1. The number of likely N-dealkylation sites (tertiary alicyclic amines) is 1. The van der Waals surface area contributed by atoms with Crippen LogP contribution in [0.4, 0.5) is 9.18 Å². The Morgan fingerprint density at radius 3 is 2.48 bits per heavy atom. The van der Waals surface area contributed by atoms with Crippen molar-refractivity contribution < 1.29 is 19.1 Å². The smallest absolute Gasteiger partial charge is 0.323 e. The van der Waals surface area contributed by atoms with Gasteiger partial charge in [-0.25, -0.2) is 9.18 Å². The maximum atomic E-state index is 12.2. The van der Waals surface area contributed by atoms with Gasteiger partial charge in [0.2, 0.25) is 0 Å². The number of carbonyl (C=O) groups is 2. The average molecular weight is 337 g/mol. The fourth-order valence-electron chi connectivity index (χ4n) is 1.42. The molecule has 0 unspecified atom stereocenters. The summed E-state index contributed by atoms with van der Waals surface area (Å²) in [4.78, 5) is 22.1. The minimum Gasteiger partial charge on any atom is -0.480 e. The van der Waals surface area contributed by atoms with Crippen LogP contribution in [0.25, 0.3) is 0 Å². The highest BCUT2D eigenvalue weighted by Gasteiger charge is 2.30. The first-order chi connectivity index (χ1) is 9.79. The first-order valence-electron chi connectivity index (χ1n) is 6.10. The van der Waals surface area contributed by atoms with Crippen molar-refractivity contribution in [3.05, 3.63) is 33.8 Å². The number of hydrogen-bond acceptors (Lipinski definition) is 2. The van der Waals surface area contributed by atoms with E-state index < -0.39 is 24.7 Å². The Bertz CT molecular complexity index is 522. The van der Waals surface area contributed by atoms with E-state index in [1.165, 1.54) is 4.90 Å². The summed E-state index contributed by atoms with van der Waals surface area (Å²) in [6.07, 6.45) is -0.958. The second kappa shape index (κ2) is 8.05. The van der Waals surface area contributed by atoms with Crippen molar-refractivity contribution in [2.75, 3.05) is 19.6 Å². The topological polar surface area (TPSA) is 69.6 Å². The van der Waals surface area contributed by atoms with Gasteiger partial charge in [0, 0.05) is 10.0 Å². The molecule has 0 saturated carbocycles. The van der Waals surface area contributed by atoms with Gasteiger partial charge in [0.05, 0.1) is 13.1 Å². The monoisotopic (exact) mass is 336 g/mol. The van der Waals surface area contributed by atoms with E-state index in [9.17, 15) is 14.0 Å². The molecule has 2 rings (SSSR count). The molecule has 1 aliphatic rings. The number of carboxylic acids is 1. The molecule has 1 aliphatic heterocycles. The zero-order chi connectivity index (χ0) is 16.0. The largest absolute Gasteiger partial charge is 0.480 e. The van der Waals surface area contributed by atoms with Crippen LogP contribution in [0.3, 0.4) is 0 Å². The molecular weight excluding hydrogens is 322 g/mol. The number of halogens is 3. The second-order valence-corrected chi connectivity index (χ2v) is 5.29. The summed E-state index contributed by atoms with van der Waals surface area (Å²) in [5.41, 5.74) is 1.06. The van der Waals surface area contributed by atoms with Gasteiger partial charge < -0.3 is 15.3 Å². The molecule has 8 heteroatoms. The summed E-state index contributed by atoms with van der Waals surface area (Å²) in [7, 11) is 0. The summed E-state index contributed by atoms with van der Waals surface area (Å²) < 4.78 is 12.2. The Hall–Kier alpha value is -1.53. The maximum Gasteiger partial charge on any atom is 0.323 e. The Balaban J connectivity index is 0.000000219. The Morgan fingerprint density at radius 1 is 1.43 bits per heavy atom. The third kappa shape index (κ3) is 6.18. The zero-order valence-electron chi connectivity index (χ0n) is 11.3. The molecule has 1 fully saturated rings. The lowest BCUT2D eigenvalue weighted by molar-refractivity contribution is -0.135. The van der Waals surface area contributed by atoms with Gasteiger partial charge in [-0.15, -0.1) is 0 Å². The molecule has 1 aromatic carbocycles. The lowest BCUT2D eigenvalue weighted by Gasteiger charge is -2.33. The lowest BCUT2D eigenvalue weighted by Crippen LogP contribution is -2.55. The number of rotatable bonds is 2. The third-order valence-corrected chi connectivity index (χ3v) is 3.29. The normalized spacial score (nSPS) is 13.8. The Labute approximate surface area is 131 Å². The van der Waals surface area contributed by atoms with E-state index in [0.717, 1.165) is 10.6 Å². The molecule has 1 aromatic rings. The van der Waals surface area contributed by atoms with Crippen LogP contribution in [-0.4, -0.2) is 47.8 Å². The van der Waals surface area contributed by atoms with Crippen LogP contribution in [0.2, 0.25) is 10.0 Å². The molecule has 2 N–H and O–H groups in total. The molecular formula is C13H15Cl2FN2O3. The molecule has 21 heavy (non-hydrogen) atoms. The third-order valence-electron chi connectivity index (χ3n) is 2.65. The van der Waals surface area contributed by atoms with Gasteiger partial charge in [0.1, 0.15) is 12.7 Å². The minimum absolute atomic E-state index is 0.0610. The SMILES string of the molecule is Cc1ccc(Cl)cc1Cl.O=C(O)CNC(=O)N1CC(F)C1. The molecule has 1 heterocycles. The lowest BCUT2D eigenvalue weighted by atomic mass is 10.2. The Kier molecular flexibility index (Phi) is 6.71. The molecule has 0 atom stereocenters. The van der Waals surface area contributed by atoms with E-state index in [2.05, 4.69) is 5.32 Å². The number of nitrogens with one attached hydrogen (secondary N) is 1. The van der Waals surface area contributed by atoms with E-state index in [4.69, 9.17) is 28.3 Å². The van der Waals surface area contributed by atoms with Gasteiger partial charge in [-0.1, -0.05) is 29.3 Å². The van der Waals surface area contributed by atoms with Crippen molar-refractivity contribution in [2.24, 2.45) is 0 Å². The van der Waals surface area contributed by atoms with Crippen LogP contribution < -0.4 is 5.32 Å². The first-order valence-corrected chi connectivity index (χ1v) is 6.85. The van der Waals surface area contributed by atoms with Crippen molar-refractivity contribution in [2.45, 2.75) is 13.1 Å². The number of benzene rings is 1. The van der Waals surface area contributed by atoms with Crippen molar-refractivity contribution in [1.82, 2.24) is 10.2 Å². The summed E-state index contributed by atoms with van der Waals surface area (Å²) in [6.45, 7) is 1.64. The molecule has 0 spiro atoms. The van der Waals surface area contributed by atoms with E-state index in [-0.39, 0.29) is 13.1 Å². The molecule has 116 valence electrons. The standard InChI is InChI=1S/C7H6Cl2.C6H9FN2O3/c1-5-2-3-6(8)4-7(5)9;7-4-2-9(3-4)6(12)8-1-5(10)11/h2-4H,1H3;4H,1-3H2,(H,8,12)(H,10,11). The molecule has 0 radical (unpaired) electrons. The van der Waals surface area contributed by atoms with Gasteiger partial charge >= 0.3 is 12.0 Å².